The smallest absolute Gasteiger partial charge is 0.218 e. The zero-order chi connectivity index (χ0) is 8.23. The van der Waals surface area contributed by atoms with E-state index < -0.39 is 0 Å². The van der Waals surface area contributed by atoms with Gasteiger partial charge in [-0.15, -0.1) is 11.3 Å². The topological polar surface area (TPSA) is 75.9 Å². The minimum Gasteiger partial charge on any atom is -0.412 e. The van der Waals surface area contributed by atoms with Crippen molar-refractivity contribution in [1.82, 2.24) is 4.98 Å². The van der Waals surface area contributed by atoms with E-state index in [0.29, 0.717) is 0 Å². The Morgan fingerprint density at radius 3 is 2.36 bits per heavy atom. The quantitative estimate of drug-likeness (QED) is 0.592. The summed E-state index contributed by atoms with van der Waals surface area (Å²) in [6.07, 6.45) is 0. The standard InChI is InChI=1S/C9H7BNS.2H2O/c1-2-4-8(5-3-1)10-9-6-12-7-11-9;;/h1-7H;2*1H2. The normalized spacial score (nSPS) is 8.29. The Morgan fingerprint density at radius 2 is 1.79 bits per heavy atom. The average Bonchev–Trinajstić information content (AvgIpc) is 2.59. The fourth-order valence-corrected chi connectivity index (χ4v) is 1.52. The first kappa shape index (κ1) is 12.8. The maximum absolute atomic E-state index is 4.17. The SMILES string of the molecule is O.O.[B](c1ccccc1)c1cscn1. The van der Waals surface area contributed by atoms with Gasteiger partial charge in [-0.2, -0.15) is 0 Å². The molecular weight excluding hydrogens is 197 g/mol. The molecule has 0 bridgehead atoms. The van der Waals surface area contributed by atoms with Crippen molar-refractivity contribution in [2.24, 2.45) is 0 Å². The van der Waals surface area contributed by atoms with Crippen LogP contribution in [0.1, 0.15) is 0 Å². The largest absolute Gasteiger partial charge is 0.412 e. The molecule has 0 atom stereocenters. The second-order valence-corrected chi connectivity index (χ2v) is 3.19. The van der Waals surface area contributed by atoms with E-state index in [0.717, 1.165) is 5.59 Å². The fourth-order valence-electron chi connectivity index (χ4n) is 1.01. The number of nitrogens with zero attached hydrogens (tertiary/aromatic N) is 1. The van der Waals surface area contributed by atoms with Gasteiger partial charge in [-0.05, 0) is 0 Å². The number of benzene rings is 1. The molecule has 1 aromatic heterocycles. The van der Waals surface area contributed by atoms with Crippen LogP contribution >= 0.6 is 11.3 Å². The molecule has 0 unspecified atom stereocenters. The zero-order valence-corrected chi connectivity index (χ0v) is 8.29. The Labute approximate surface area is 87.3 Å². The highest BCUT2D eigenvalue weighted by molar-refractivity contribution is 7.08. The van der Waals surface area contributed by atoms with Gasteiger partial charge in [0.1, 0.15) is 0 Å². The van der Waals surface area contributed by atoms with E-state index in [1.165, 1.54) is 5.46 Å². The second-order valence-electron chi connectivity index (χ2n) is 2.47. The van der Waals surface area contributed by atoms with E-state index in [1.54, 1.807) is 11.3 Å². The number of hydrogen-bond acceptors (Lipinski definition) is 2. The van der Waals surface area contributed by atoms with Gasteiger partial charge in [0.25, 0.3) is 0 Å². The Morgan fingerprint density at radius 1 is 1.07 bits per heavy atom. The van der Waals surface area contributed by atoms with Crippen LogP contribution in [0.5, 0.6) is 0 Å². The molecule has 5 heteroatoms. The van der Waals surface area contributed by atoms with Crippen molar-refractivity contribution in [2.45, 2.75) is 0 Å². The minimum absolute atomic E-state index is 0. The van der Waals surface area contributed by atoms with Crippen LogP contribution in [0, 0.1) is 0 Å². The Kier molecular flexibility index (Phi) is 5.79. The molecule has 14 heavy (non-hydrogen) atoms. The maximum Gasteiger partial charge on any atom is 0.218 e. The second kappa shape index (κ2) is 6.31. The van der Waals surface area contributed by atoms with Crippen LogP contribution in [0.15, 0.2) is 41.2 Å². The molecule has 0 aliphatic carbocycles. The van der Waals surface area contributed by atoms with Crippen LogP contribution in [-0.2, 0) is 0 Å². The van der Waals surface area contributed by atoms with Gasteiger partial charge in [0.2, 0.25) is 7.28 Å². The summed E-state index contributed by atoms with van der Waals surface area (Å²) in [5.41, 5.74) is 4.07. The van der Waals surface area contributed by atoms with Crippen LogP contribution in [0.3, 0.4) is 0 Å². The van der Waals surface area contributed by atoms with Crippen molar-refractivity contribution in [3.05, 3.63) is 41.2 Å². The molecule has 0 aliphatic rings. The molecule has 0 saturated carbocycles. The van der Waals surface area contributed by atoms with Gasteiger partial charge >= 0.3 is 0 Å². The number of rotatable bonds is 2. The summed E-state index contributed by atoms with van der Waals surface area (Å²) in [5, 5.41) is 2.03. The lowest BCUT2D eigenvalue weighted by Crippen LogP contribution is -2.27. The van der Waals surface area contributed by atoms with Gasteiger partial charge in [0.05, 0.1) is 5.51 Å². The predicted octanol–water partition coefficient (Wildman–Crippen LogP) is -0.851. The number of aromatic nitrogens is 1. The minimum atomic E-state index is 0. The van der Waals surface area contributed by atoms with Crippen molar-refractivity contribution >= 4 is 29.7 Å². The average molecular weight is 208 g/mol. The van der Waals surface area contributed by atoms with Gasteiger partial charge < -0.3 is 11.0 Å². The van der Waals surface area contributed by atoms with Crippen molar-refractivity contribution < 1.29 is 11.0 Å². The number of thiazole rings is 1. The maximum atomic E-state index is 4.17. The summed E-state index contributed by atoms with van der Waals surface area (Å²) in [4.78, 5) is 4.17. The van der Waals surface area contributed by atoms with Crippen molar-refractivity contribution in [3.8, 4) is 0 Å². The Balaban J connectivity index is 0.000000845. The Hall–Kier alpha value is -1.17. The summed E-state index contributed by atoms with van der Waals surface area (Å²) in [7, 11) is 2.07. The molecule has 1 aromatic carbocycles. The lowest BCUT2D eigenvalue weighted by Gasteiger charge is -1.93. The Bertz CT molecular complexity index is 339. The van der Waals surface area contributed by atoms with E-state index in [4.69, 9.17) is 0 Å². The van der Waals surface area contributed by atoms with E-state index >= 15 is 0 Å². The van der Waals surface area contributed by atoms with Gasteiger partial charge in [-0.3, -0.25) is 4.98 Å². The predicted molar refractivity (Wildman–Crippen MR) is 60.8 cm³/mol. The zero-order valence-electron chi connectivity index (χ0n) is 7.47. The van der Waals surface area contributed by atoms with Crippen molar-refractivity contribution in [2.75, 3.05) is 0 Å². The molecule has 0 saturated heterocycles. The molecule has 0 fully saturated rings. The monoisotopic (exact) mass is 208 g/mol. The van der Waals surface area contributed by atoms with Crippen LogP contribution in [0.4, 0.5) is 0 Å². The molecule has 1 heterocycles. The van der Waals surface area contributed by atoms with Crippen LogP contribution in [0.25, 0.3) is 0 Å². The number of hydrogen-bond donors (Lipinski definition) is 0. The third-order valence-corrected chi connectivity index (χ3v) is 2.17. The van der Waals surface area contributed by atoms with E-state index in [1.807, 2.05) is 29.1 Å². The van der Waals surface area contributed by atoms with Gasteiger partial charge in [-0.1, -0.05) is 35.8 Å². The van der Waals surface area contributed by atoms with Crippen molar-refractivity contribution in [1.29, 1.82) is 0 Å². The summed E-state index contributed by atoms with van der Waals surface area (Å²) in [6.45, 7) is 0. The first-order chi connectivity index (χ1) is 5.95. The molecular formula is C9H11BNO2S. The molecule has 4 N–H and O–H groups in total. The first-order valence-electron chi connectivity index (χ1n) is 3.73. The van der Waals surface area contributed by atoms with E-state index in [-0.39, 0.29) is 11.0 Å². The summed E-state index contributed by atoms with van der Waals surface area (Å²) in [5.74, 6) is 0. The fraction of sp³-hybridized carbons (Fsp3) is 0. The molecule has 0 amide bonds. The highest BCUT2D eigenvalue weighted by Crippen LogP contribution is 1.87. The highest BCUT2D eigenvalue weighted by Gasteiger charge is 1.98. The third-order valence-electron chi connectivity index (χ3n) is 1.57. The van der Waals surface area contributed by atoms with Gasteiger partial charge in [-0.25, -0.2) is 0 Å². The van der Waals surface area contributed by atoms with Gasteiger partial charge in [0.15, 0.2) is 0 Å². The van der Waals surface area contributed by atoms with Gasteiger partial charge in [0, 0.05) is 11.0 Å². The molecule has 3 nitrogen and oxygen atoms in total. The van der Waals surface area contributed by atoms with Crippen LogP contribution in [-0.4, -0.2) is 23.2 Å². The lowest BCUT2D eigenvalue weighted by molar-refractivity contribution is 0.823. The van der Waals surface area contributed by atoms with E-state index in [9.17, 15) is 0 Å². The third kappa shape index (κ3) is 3.29. The first-order valence-corrected chi connectivity index (χ1v) is 4.67. The summed E-state index contributed by atoms with van der Waals surface area (Å²) >= 11 is 1.62. The summed E-state index contributed by atoms with van der Waals surface area (Å²) < 4.78 is 0. The van der Waals surface area contributed by atoms with Crippen LogP contribution < -0.4 is 11.1 Å². The van der Waals surface area contributed by atoms with Crippen LogP contribution in [0.2, 0.25) is 0 Å². The van der Waals surface area contributed by atoms with Crippen molar-refractivity contribution in [3.63, 3.8) is 0 Å². The summed E-state index contributed by atoms with van der Waals surface area (Å²) in [6, 6.07) is 10.2. The lowest BCUT2D eigenvalue weighted by atomic mass is 9.68. The molecule has 0 spiro atoms. The van der Waals surface area contributed by atoms with E-state index in [2.05, 4.69) is 24.4 Å². The molecule has 2 aromatic rings. The molecule has 2 rings (SSSR count). The molecule has 0 aliphatic heterocycles. The molecule has 73 valence electrons. The molecule has 1 radical (unpaired) electrons. The highest BCUT2D eigenvalue weighted by atomic mass is 32.1.